The van der Waals surface area contributed by atoms with E-state index in [0.29, 0.717) is 34.1 Å². The fourth-order valence-electron chi connectivity index (χ4n) is 5.72. The Kier molecular flexibility index (Phi) is 5.29. The molecule has 2 saturated carbocycles. The van der Waals surface area contributed by atoms with Crippen molar-refractivity contribution in [3.8, 4) is 11.5 Å². The Bertz CT molecular complexity index is 810. The molecule has 2 aliphatic carbocycles. The predicted octanol–water partition coefficient (Wildman–Crippen LogP) is 2.17. The van der Waals surface area contributed by atoms with E-state index in [-0.39, 0.29) is 37.9 Å². The Morgan fingerprint density at radius 2 is 1.10 bits per heavy atom. The summed E-state index contributed by atoms with van der Waals surface area (Å²) in [7, 11) is 0. The molecule has 2 fully saturated rings. The molecule has 0 amide bonds. The fraction of sp³-hybridized carbons (Fsp3) is 0.478. The van der Waals surface area contributed by atoms with E-state index in [1.165, 1.54) is 0 Å². The first-order chi connectivity index (χ1) is 14.0. The zero-order chi connectivity index (χ0) is 20.8. The molecule has 2 aromatic carbocycles. The van der Waals surface area contributed by atoms with Crippen LogP contribution in [0.4, 0.5) is 0 Å². The Morgan fingerprint density at radius 3 is 1.38 bits per heavy atom. The smallest absolute Gasteiger partial charge is 0.126 e. The van der Waals surface area contributed by atoms with Crippen LogP contribution < -0.4 is 0 Å². The summed E-state index contributed by atoms with van der Waals surface area (Å²) >= 11 is 0. The van der Waals surface area contributed by atoms with Gasteiger partial charge in [0.2, 0.25) is 0 Å². The molecule has 2 atom stereocenters. The summed E-state index contributed by atoms with van der Waals surface area (Å²) in [6.07, 6.45) is 4.13. The van der Waals surface area contributed by atoms with Crippen LogP contribution in [-0.4, -0.2) is 30.6 Å². The number of fused-ring (bicyclic) bond motifs is 2. The van der Waals surface area contributed by atoms with Gasteiger partial charge in [0.1, 0.15) is 11.5 Å². The normalized spacial score (nSPS) is 22.3. The number of phenols is 2. The van der Waals surface area contributed by atoms with Crippen LogP contribution in [0.25, 0.3) is 0 Å². The van der Waals surface area contributed by atoms with Gasteiger partial charge in [-0.2, -0.15) is 0 Å². The highest BCUT2D eigenvalue weighted by Gasteiger charge is 2.53. The zero-order valence-corrected chi connectivity index (χ0v) is 16.3. The highest BCUT2D eigenvalue weighted by molar-refractivity contribution is 5.54. The summed E-state index contributed by atoms with van der Waals surface area (Å²) < 4.78 is 0. The lowest BCUT2D eigenvalue weighted by molar-refractivity contribution is 0.259. The molecule has 0 spiro atoms. The molecule has 29 heavy (non-hydrogen) atoms. The largest absolute Gasteiger partial charge is 0.507 e. The molecule has 2 unspecified atom stereocenters. The molecule has 2 aromatic rings. The van der Waals surface area contributed by atoms with E-state index in [4.69, 9.17) is 0 Å². The van der Waals surface area contributed by atoms with Gasteiger partial charge < -0.3 is 30.6 Å². The van der Waals surface area contributed by atoms with Crippen LogP contribution in [0.1, 0.15) is 59.1 Å². The number of hydrogen-bond donors (Lipinski definition) is 6. The van der Waals surface area contributed by atoms with Crippen molar-refractivity contribution in [2.24, 2.45) is 11.8 Å². The van der Waals surface area contributed by atoms with Gasteiger partial charge in [-0.15, -0.1) is 0 Å². The first-order valence-electron chi connectivity index (χ1n) is 10.1. The molecule has 6 nitrogen and oxygen atoms in total. The summed E-state index contributed by atoms with van der Waals surface area (Å²) in [5, 5.41) is 59.7. The number of aromatic hydroxyl groups is 2. The molecule has 0 aromatic heterocycles. The molecular weight excluding hydrogens is 372 g/mol. The molecule has 6 N–H and O–H groups in total. The van der Waals surface area contributed by atoms with E-state index in [9.17, 15) is 30.6 Å². The minimum absolute atomic E-state index is 0.0881. The Morgan fingerprint density at radius 1 is 0.690 bits per heavy atom. The topological polar surface area (TPSA) is 121 Å². The van der Waals surface area contributed by atoms with Crippen molar-refractivity contribution in [2.45, 2.75) is 57.5 Å². The maximum atomic E-state index is 10.3. The Hall–Kier alpha value is -2.12. The Balaban J connectivity index is 1.98. The van der Waals surface area contributed by atoms with Gasteiger partial charge in [-0.05, 0) is 66.5 Å². The molecule has 4 rings (SSSR count). The molecular formula is C23H28O6. The quantitative estimate of drug-likeness (QED) is 0.442. The van der Waals surface area contributed by atoms with Crippen molar-refractivity contribution in [1.82, 2.24) is 0 Å². The second kappa shape index (κ2) is 7.61. The lowest BCUT2D eigenvalue weighted by atomic mass is 9.63. The molecule has 156 valence electrons. The van der Waals surface area contributed by atoms with Gasteiger partial charge in [0, 0.05) is 27.7 Å². The fourth-order valence-corrected chi connectivity index (χ4v) is 5.72. The van der Waals surface area contributed by atoms with Gasteiger partial charge in [0.25, 0.3) is 0 Å². The standard InChI is InChI=1S/C23H28O6/c24-9-14-4-19(5-15(10-25)21(14)28)23(8-13-1-2-18(23)3-13)20-6-16(11-26)22(29)17(7-20)12-27/h4-7,13,18,24-29H,1-3,8-12H2. The van der Waals surface area contributed by atoms with E-state index in [2.05, 4.69) is 0 Å². The third-order valence-electron chi connectivity index (χ3n) is 7.10. The van der Waals surface area contributed by atoms with E-state index in [1.807, 2.05) is 0 Å². The maximum Gasteiger partial charge on any atom is 0.126 e. The van der Waals surface area contributed by atoms with Crippen LogP contribution in [-0.2, 0) is 31.8 Å². The van der Waals surface area contributed by atoms with Crippen LogP contribution in [0.3, 0.4) is 0 Å². The number of benzene rings is 2. The SMILES string of the molecule is OCc1cc(C2(c3cc(CO)c(O)c(CO)c3)CC3CCC2C3)cc(CO)c1O. The van der Waals surface area contributed by atoms with Crippen molar-refractivity contribution in [2.75, 3.05) is 0 Å². The van der Waals surface area contributed by atoms with E-state index >= 15 is 0 Å². The number of aliphatic hydroxyl groups is 4. The summed E-state index contributed by atoms with van der Waals surface area (Å²) in [6, 6.07) is 7.22. The summed E-state index contributed by atoms with van der Waals surface area (Å²) in [6.45, 7) is -1.35. The highest BCUT2D eigenvalue weighted by Crippen LogP contribution is 2.61. The van der Waals surface area contributed by atoms with Crippen molar-refractivity contribution >= 4 is 0 Å². The van der Waals surface area contributed by atoms with Gasteiger partial charge in [-0.1, -0.05) is 6.42 Å². The van der Waals surface area contributed by atoms with E-state index in [1.54, 1.807) is 24.3 Å². The van der Waals surface area contributed by atoms with Crippen molar-refractivity contribution in [3.63, 3.8) is 0 Å². The minimum atomic E-state index is -0.425. The van der Waals surface area contributed by atoms with Gasteiger partial charge >= 0.3 is 0 Å². The van der Waals surface area contributed by atoms with Crippen LogP contribution >= 0.6 is 0 Å². The molecule has 0 heterocycles. The minimum Gasteiger partial charge on any atom is -0.507 e. The first-order valence-corrected chi connectivity index (χ1v) is 10.1. The average molecular weight is 400 g/mol. The second-order valence-electron chi connectivity index (χ2n) is 8.47. The van der Waals surface area contributed by atoms with Crippen molar-refractivity contribution in [3.05, 3.63) is 57.6 Å². The van der Waals surface area contributed by atoms with Crippen LogP contribution in [0.15, 0.2) is 24.3 Å². The molecule has 2 bridgehead atoms. The lowest BCUT2D eigenvalue weighted by Crippen LogP contribution is -2.34. The highest BCUT2D eigenvalue weighted by atomic mass is 16.3. The average Bonchev–Trinajstić information content (AvgIpc) is 3.36. The van der Waals surface area contributed by atoms with Gasteiger partial charge in [0.15, 0.2) is 0 Å². The second-order valence-corrected chi connectivity index (χ2v) is 8.47. The van der Waals surface area contributed by atoms with Crippen LogP contribution in [0, 0.1) is 11.8 Å². The first kappa shape index (κ1) is 20.2. The van der Waals surface area contributed by atoms with Gasteiger partial charge in [-0.3, -0.25) is 0 Å². The van der Waals surface area contributed by atoms with E-state index in [0.717, 1.165) is 36.8 Å². The number of rotatable bonds is 6. The van der Waals surface area contributed by atoms with Crippen molar-refractivity contribution < 1.29 is 30.6 Å². The zero-order valence-electron chi connectivity index (χ0n) is 16.3. The molecule has 6 heteroatoms. The van der Waals surface area contributed by atoms with E-state index < -0.39 is 5.41 Å². The summed E-state index contributed by atoms with van der Waals surface area (Å²) in [4.78, 5) is 0. The van der Waals surface area contributed by atoms with Gasteiger partial charge in [-0.25, -0.2) is 0 Å². The molecule has 0 aliphatic heterocycles. The Labute approximate surface area is 169 Å². The monoisotopic (exact) mass is 400 g/mol. The molecule has 0 radical (unpaired) electrons. The molecule has 2 aliphatic rings. The third-order valence-corrected chi connectivity index (χ3v) is 7.10. The number of hydrogen-bond acceptors (Lipinski definition) is 6. The lowest BCUT2D eigenvalue weighted by Gasteiger charge is -2.40. The summed E-state index contributed by atoms with van der Waals surface area (Å²) in [5.41, 5.74) is 2.89. The number of aliphatic hydroxyl groups excluding tert-OH is 4. The summed E-state index contributed by atoms with van der Waals surface area (Å²) in [5.74, 6) is 0.704. The van der Waals surface area contributed by atoms with Crippen LogP contribution in [0.5, 0.6) is 11.5 Å². The van der Waals surface area contributed by atoms with Crippen LogP contribution in [0.2, 0.25) is 0 Å². The van der Waals surface area contributed by atoms with Gasteiger partial charge in [0.05, 0.1) is 26.4 Å². The maximum absolute atomic E-state index is 10.3. The third kappa shape index (κ3) is 3.02. The molecule has 0 saturated heterocycles. The predicted molar refractivity (Wildman–Crippen MR) is 106 cm³/mol. The van der Waals surface area contributed by atoms with Crippen molar-refractivity contribution in [1.29, 1.82) is 0 Å².